The molecule has 0 aliphatic carbocycles. The van der Waals surface area contributed by atoms with Crippen LogP contribution < -0.4 is 0 Å². The van der Waals surface area contributed by atoms with Gasteiger partial charge in [-0.2, -0.15) is 5.10 Å². The number of aromatic nitrogens is 1. The Hall–Kier alpha value is -2.29. The van der Waals surface area contributed by atoms with Gasteiger partial charge in [0, 0.05) is 42.9 Å². The molecule has 1 aromatic heterocycles. The zero-order valence-corrected chi connectivity index (χ0v) is 12.4. The molecule has 102 valence electrons. The van der Waals surface area contributed by atoms with E-state index in [1.165, 1.54) is 27.4 Å². The predicted octanol–water partition coefficient (Wildman–Crippen LogP) is 3.54. The summed E-state index contributed by atoms with van der Waals surface area (Å²) in [5.74, 6) is 0. The number of hydrazone groups is 1. The molecule has 3 nitrogen and oxygen atoms in total. The van der Waals surface area contributed by atoms with Gasteiger partial charge in [0.2, 0.25) is 0 Å². The van der Waals surface area contributed by atoms with Crippen LogP contribution in [0.1, 0.15) is 11.1 Å². The second-order valence-electron chi connectivity index (χ2n) is 5.45. The molecule has 2 aromatic carbocycles. The summed E-state index contributed by atoms with van der Waals surface area (Å²) in [5.41, 5.74) is 4.94. The maximum absolute atomic E-state index is 4.31. The predicted molar refractivity (Wildman–Crippen MR) is 86.4 cm³/mol. The van der Waals surface area contributed by atoms with Crippen LogP contribution >= 0.6 is 0 Å². The molecule has 0 atom stereocenters. The second-order valence-corrected chi connectivity index (χ2v) is 5.45. The van der Waals surface area contributed by atoms with E-state index in [0.717, 1.165) is 5.56 Å². The summed E-state index contributed by atoms with van der Waals surface area (Å²) in [6.45, 7) is 2.13. The summed E-state index contributed by atoms with van der Waals surface area (Å²) in [6, 6.07) is 13.1. The Morgan fingerprint density at radius 2 is 1.65 bits per heavy atom. The molecule has 0 radical (unpaired) electrons. The van der Waals surface area contributed by atoms with Gasteiger partial charge in [0.15, 0.2) is 0 Å². The van der Waals surface area contributed by atoms with Crippen molar-refractivity contribution in [3.05, 3.63) is 47.5 Å². The minimum absolute atomic E-state index is 1.13. The van der Waals surface area contributed by atoms with Crippen LogP contribution in [0.3, 0.4) is 0 Å². The number of hydrogen-bond donors (Lipinski definition) is 0. The maximum Gasteiger partial charge on any atom is 0.0542 e. The van der Waals surface area contributed by atoms with E-state index >= 15 is 0 Å². The molecule has 0 unspecified atom stereocenters. The normalized spacial score (nSPS) is 11.8. The summed E-state index contributed by atoms with van der Waals surface area (Å²) in [5, 5.41) is 8.70. The van der Waals surface area contributed by atoms with Crippen molar-refractivity contribution < 1.29 is 0 Å². The van der Waals surface area contributed by atoms with Crippen molar-refractivity contribution in [2.75, 3.05) is 14.1 Å². The molecule has 0 saturated carbocycles. The molecule has 3 aromatic rings. The summed E-state index contributed by atoms with van der Waals surface area (Å²) in [4.78, 5) is 0. The monoisotopic (exact) mass is 265 g/mol. The van der Waals surface area contributed by atoms with Gasteiger partial charge in [-0.3, -0.25) is 0 Å². The van der Waals surface area contributed by atoms with E-state index in [2.05, 4.69) is 60.0 Å². The van der Waals surface area contributed by atoms with Gasteiger partial charge in [-0.15, -0.1) is 0 Å². The Bertz CT molecular complexity index is 810. The van der Waals surface area contributed by atoms with Crippen LogP contribution in [-0.4, -0.2) is 29.9 Å². The highest BCUT2D eigenvalue weighted by Gasteiger charge is 2.08. The van der Waals surface area contributed by atoms with Crippen LogP contribution in [0, 0.1) is 6.92 Å². The average Bonchev–Trinajstić information content (AvgIpc) is 2.69. The number of rotatable bonds is 2. The lowest BCUT2D eigenvalue weighted by molar-refractivity contribution is 0.440. The van der Waals surface area contributed by atoms with Crippen LogP contribution in [0.15, 0.2) is 41.5 Å². The minimum atomic E-state index is 1.13. The number of aryl methyl sites for hydroxylation is 2. The fraction of sp³-hybridized carbons (Fsp3) is 0.235. The Morgan fingerprint density at radius 1 is 1.00 bits per heavy atom. The van der Waals surface area contributed by atoms with E-state index in [1.54, 1.807) is 5.01 Å². The van der Waals surface area contributed by atoms with Gasteiger partial charge in [-0.1, -0.05) is 17.7 Å². The van der Waals surface area contributed by atoms with Crippen molar-refractivity contribution >= 4 is 28.0 Å². The molecule has 20 heavy (non-hydrogen) atoms. The fourth-order valence-corrected chi connectivity index (χ4v) is 2.61. The van der Waals surface area contributed by atoms with E-state index in [-0.39, 0.29) is 0 Å². The molecule has 0 N–H and O–H groups in total. The van der Waals surface area contributed by atoms with Gasteiger partial charge in [-0.05, 0) is 36.8 Å². The van der Waals surface area contributed by atoms with Crippen molar-refractivity contribution in [3.8, 4) is 0 Å². The molecular formula is C17H19N3. The lowest BCUT2D eigenvalue weighted by Gasteiger charge is -2.02. The zero-order valence-electron chi connectivity index (χ0n) is 12.4. The first-order valence-corrected chi connectivity index (χ1v) is 6.76. The maximum atomic E-state index is 4.31. The third-order valence-corrected chi connectivity index (χ3v) is 3.62. The molecule has 0 fully saturated rings. The second kappa shape index (κ2) is 4.67. The number of nitrogens with zero attached hydrogens (tertiary/aromatic N) is 3. The van der Waals surface area contributed by atoms with Crippen molar-refractivity contribution in [1.82, 2.24) is 9.58 Å². The molecule has 3 heteroatoms. The molecule has 0 amide bonds. The van der Waals surface area contributed by atoms with Crippen molar-refractivity contribution in [3.63, 3.8) is 0 Å². The molecular weight excluding hydrogens is 246 g/mol. The van der Waals surface area contributed by atoms with Gasteiger partial charge >= 0.3 is 0 Å². The van der Waals surface area contributed by atoms with Crippen LogP contribution in [0.4, 0.5) is 0 Å². The molecule has 1 heterocycles. The van der Waals surface area contributed by atoms with Gasteiger partial charge in [-0.25, -0.2) is 0 Å². The Kier molecular flexibility index (Phi) is 2.97. The first kappa shape index (κ1) is 12.7. The van der Waals surface area contributed by atoms with Gasteiger partial charge in [0.05, 0.1) is 6.21 Å². The number of benzene rings is 2. The highest BCUT2D eigenvalue weighted by Crippen LogP contribution is 2.29. The van der Waals surface area contributed by atoms with Gasteiger partial charge in [0.25, 0.3) is 0 Å². The minimum Gasteiger partial charge on any atom is -0.344 e. The van der Waals surface area contributed by atoms with E-state index in [1.807, 2.05) is 20.3 Å². The first-order valence-electron chi connectivity index (χ1n) is 6.76. The molecule has 0 bridgehead atoms. The van der Waals surface area contributed by atoms with Gasteiger partial charge in [0.1, 0.15) is 0 Å². The van der Waals surface area contributed by atoms with E-state index in [0.29, 0.717) is 0 Å². The third kappa shape index (κ3) is 2.05. The Morgan fingerprint density at radius 3 is 2.35 bits per heavy atom. The molecule has 0 spiro atoms. The van der Waals surface area contributed by atoms with E-state index < -0.39 is 0 Å². The van der Waals surface area contributed by atoms with Crippen LogP contribution in [0.2, 0.25) is 0 Å². The number of hydrogen-bond acceptors (Lipinski definition) is 2. The molecule has 0 saturated heterocycles. The molecule has 3 rings (SSSR count). The summed E-state index contributed by atoms with van der Waals surface area (Å²) in [6.07, 6.45) is 1.90. The van der Waals surface area contributed by atoms with E-state index in [9.17, 15) is 0 Å². The topological polar surface area (TPSA) is 20.5 Å². The van der Waals surface area contributed by atoms with Crippen LogP contribution in [-0.2, 0) is 7.05 Å². The van der Waals surface area contributed by atoms with Crippen LogP contribution in [0.25, 0.3) is 21.8 Å². The van der Waals surface area contributed by atoms with Gasteiger partial charge < -0.3 is 9.58 Å². The summed E-state index contributed by atoms with van der Waals surface area (Å²) < 4.78 is 2.25. The average molecular weight is 265 g/mol. The summed E-state index contributed by atoms with van der Waals surface area (Å²) in [7, 11) is 5.97. The molecule has 0 aliphatic heterocycles. The Balaban J connectivity index is 2.27. The number of fused-ring (bicyclic) bond motifs is 3. The van der Waals surface area contributed by atoms with Crippen molar-refractivity contribution in [2.24, 2.45) is 12.1 Å². The highest BCUT2D eigenvalue weighted by molar-refractivity contribution is 6.09. The standard InChI is InChI=1S/C17H19N3/c1-12-5-7-16-14(9-12)15-10-13(11-18-19(2)3)6-8-17(15)20(16)4/h5-11H,1-4H3/b18-11+. The SMILES string of the molecule is Cc1ccc2c(c1)c1cc(/C=N/N(C)C)ccc1n2C. The fourth-order valence-electron chi connectivity index (χ4n) is 2.61. The van der Waals surface area contributed by atoms with E-state index in [4.69, 9.17) is 0 Å². The van der Waals surface area contributed by atoms with Crippen molar-refractivity contribution in [2.45, 2.75) is 6.92 Å². The highest BCUT2D eigenvalue weighted by atomic mass is 15.4. The zero-order chi connectivity index (χ0) is 14.3. The summed E-state index contributed by atoms with van der Waals surface area (Å²) >= 11 is 0. The lowest BCUT2D eigenvalue weighted by atomic mass is 10.1. The first-order chi connectivity index (χ1) is 9.56. The van der Waals surface area contributed by atoms with Crippen LogP contribution in [0.5, 0.6) is 0 Å². The smallest absolute Gasteiger partial charge is 0.0542 e. The quantitative estimate of drug-likeness (QED) is 0.513. The molecule has 0 aliphatic rings. The Labute approximate surface area is 119 Å². The largest absolute Gasteiger partial charge is 0.344 e. The third-order valence-electron chi connectivity index (χ3n) is 3.62. The lowest BCUT2D eigenvalue weighted by Crippen LogP contribution is -2.01. The van der Waals surface area contributed by atoms with Crippen molar-refractivity contribution in [1.29, 1.82) is 0 Å².